The molecule has 0 aromatic rings. The van der Waals surface area contributed by atoms with Gasteiger partial charge in [0.2, 0.25) is 0 Å². The molecule has 0 bridgehead atoms. The Labute approximate surface area is 135 Å². The van der Waals surface area contributed by atoms with E-state index in [0.717, 1.165) is 5.75 Å². The largest absolute Gasteiger partial charge is 0.480 e. The molecule has 0 saturated carbocycles. The van der Waals surface area contributed by atoms with Gasteiger partial charge in [-0.25, -0.2) is 0 Å². The van der Waals surface area contributed by atoms with Gasteiger partial charge in [0, 0.05) is 62.1 Å². The van der Waals surface area contributed by atoms with Gasteiger partial charge in [-0.2, -0.15) is 11.8 Å². The summed E-state index contributed by atoms with van der Waals surface area (Å²) in [6.45, 7) is 3.82. The van der Waals surface area contributed by atoms with Crippen molar-refractivity contribution in [1.29, 1.82) is 0 Å². The maximum absolute atomic E-state index is 10.6. The summed E-state index contributed by atoms with van der Waals surface area (Å²) in [7, 11) is 0. The smallest absolute Gasteiger partial charge is 0.324 e. The Morgan fingerprint density at radius 2 is 2.06 bits per heavy atom. The van der Waals surface area contributed by atoms with Crippen molar-refractivity contribution >= 4 is 23.6 Å². The number of aliphatic carboxylic acids is 1. The standard InChI is InChI=1S/C8H17N3O2S.Ac.H2O/c1-6(9)11-3-4-14-5-8(2,10)7(12)13;;/h3-5,10H2,1-2H3,(H2,9,11)(H,12,13);;1H2/t8-;;/m1../s1. The molecule has 0 aliphatic rings. The van der Waals surface area contributed by atoms with Crippen molar-refractivity contribution in [2.75, 3.05) is 18.1 Å². The van der Waals surface area contributed by atoms with E-state index < -0.39 is 11.5 Å². The summed E-state index contributed by atoms with van der Waals surface area (Å²) in [5.41, 5.74) is 9.69. The van der Waals surface area contributed by atoms with E-state index in [1.54, 1.807) is 6.92 Å². The summed E-state index contributed by atoms with van der Waals surface area (Å²) in [5.74, 6) is 0.665. The molecule has 6 nitrogen and oxygen atoms in total. The van der Waals surface area contributed by atoms with Crippen LogP contribution < -0.4 is 11.5 Å². The van der Waals surface area contributed by atoms with Crippen LogP contribution in [-0.2, 0) is 4.79 Å². The summed E-state index contributed by atoms with van der Waals surface area (Å²) in [6, 6.07) is 0. The molecule has 1 radical (unpaired) electrons. The van der Waals surface area contributed by atoms with Crippen molar-refractivity contribution in [1.82, 2.24) is 0 Å². The monoisotopic (exact) mass is 464 g/mol. The first-order valence-corrected chi connectivity index (χ1v) is 5.38. The average Bonchev–Trinajstić information content (AvgIpc) is 2.02. The first-order valence-electron chi connectivity index (χ1n) is 4.23. The van der Waals surface area contributed by atoms with Crippen LogP contribution in [0.15, 0.2) is 4.99 Å². The molecule has 1 atom stereocenters. The fourth-order valence-electron chi connectivity index (χ4n) is 0.632. The van der Waals surface area contributed by atoms with E-state index in [1.807, 2.05) is 0 Å². The minimum atomic E-state index is -1.16. The van der Waals surface area contributed by atoms with Crippen molar-refractivity contribution in [3.8, 4) is 0 Å². The van der Waals surface area contributed by atoms with E-state index in [4.69, 9.17) is 16.6 Å². The second kappa shape index (κ2) is 10.8. The van der Waals surface area contributed by atoms with Crippen LogP contribution in [0.5, 0.6) is 0 Å². The zero-order valence-electron chi connectivity index (χ0n) is 9.56. The third-order valence-corrected chi connectivity index (χ3v) is 2.76. The predicted octanol–water partition coefficient (Wildman–Crippen LogP) is -0.926. The summed E-state index contributed by atoms with van der Waals surface area (Å²) in [4.78, 5) is 14.6. The van der Waals surface area contributed by atoms with Crippen LogP contribution in [0.2, 0.25) is 0 Å². The summed E-state index contributed by atoms with van der Waals surface area (Å²) in [6.07, 6.45) is 0. The third-order valence-electron chi connectivity index (χ3n) is 1.49. The van der Waals surface area contributed by atoms with Gasteiger partial charge < -0.3 is 22.1 Å². The quantitative estimate of drug-likeness (QED) is 0.266. The number of rotatable bonds is 6. The predicted molar refractivity (Wildman–Crippen MR) is 63.3 cm³/mol. The number of thioether (sulfide) groups is 1. The van der Waals surface area contributed by atoms with E-state index in [9.17, 15) is 4.79 Å². The number of carbonyl (C=O) groups is 1. The molecule has 0 spiro atoms. The summed E-state index contributed by atoms with van der Waals surface area (Å²) >= 11 is 1.46. The molecule has 0 aromatic carbocycles. The number of hydrogen-bond acceptors (Lipinski definition) is 4. The Hall–Kier alpha value is 0.652. The number of nitrogens with two attached hydrogens (primary N) is 2. The molecule has 0 unspecified atom stereocenters. The number of carboxylic acid groups (broad SMARTS) is 1. The van der Waals surface area contributed by atoms with Crippen LogP contribution in [0.4, 0.5) is 0 Å². The second-order valence-corrected chi connectivity index (χ2v) is 4.40. The van der Waals surface area contributed by atoms with Crippen molar-refractivity contribution in [2.45, 2.75) is 19.4 Å². The minimum absolute atomic E-state index is 0. The average molecular weight is 464 g/mol. The molecule has 0 aliphatic heterocycles. The molecular weight excluding hydrogens is 445 g/mol. The van der Waals surface area contributed by atoms with Crippen LogP contribution in [-0.4, -0.2) is 46.0 Å². The molecular formula is C8H19AcN3O3S. The van der Waals surface area contributed by atoms with E-state index in [-0.39, 0.29) is 49.5 Å². The third kappa shape index (κ3) is 11.1. The summed E-state index contributed by atoms with van der Waals surface area (Å²) < 4.78 is 0. The van der Waals surface area contributed by atoms with Gasteiger partial charge in [0.05, 0.1) is 5.84 Å². The molecule has 0 rings (SSSR count). The Balaban J connectivity index is -0.000000845. The topological polar surface area (TPSA) is 133 Å². The van der Waals surface area contributed by atoms with Crippen molar-refractivity contribution < 1.29 is 59.4 Å². The normalized spacial score (nSPS) is 14.3. The SMILES string of the molecule is CC(N)=NCCSC[C@@](C)(N)C(=O)O.O.[Ac]. The summed E-state index contributed by atoms with van der Waals surface area (Å²) in [5, 5.41) is 8.70. The van der Waals surface area contributed by atoms with Gasteiger partial charge in [0.15, 0.2) is 0 Å². The van der Waals surface area contributed by atoms with Crippen LogP contribution in [0.25, 0.3) is 0 Å². The molecule has 0 amide bonds. The Morgan fingerprint density at radius 1 is 1.56 bits per heavy atom. The van der Waals surface area contributed by atoms with E-state index >= 15 is 0 Å². The fourth-order valence-corrected chi connectivity index (χ4v) is 1.54. The van der Waals surface area contributed by atoms with Gasteiger partial charge in [0.1, 0.15) is 5.54 Å². The Morgan fingerprint density at radius 3 is 2.44 bits per heavy atom. The molecule has 0 saturated heterocycles. The van der Waals surface area contributed by atoms with E-state index in [2.05, 4.69) is 4.99 Å². The van der Waals surface area contributed by atoms with Crippen LogP contribution in [0.1, 0.15) is 13.8 Å². The van der Waals surface area contributed by atoms with Gasteiger partial charge in [0.25, 0.3) is 0 Å². The number of aliphatic imine (C=N–C) groups is 1. The molecule has 0 aromatic heterocycles. The molecule has 93 valence electrons. The zero-order chi connectivity index (χ0) is 11.2. The van der Waals surface area contributed by atoms with Gasteiger partial charge >= 0.3 is 5.97 Å². The van der Waals surface area contributed by atoms with Gasteiger partial charge in [-0.1, -0.05) is 0 Å². The maximum Gasteiger partial charge on any atom is 0.324 e. The van der Waals surface area contributed by atoms with Crippen LogP contribution in [0.3, 0.4) is 0 Å². The van der Waals surface area contributed by atoms with Crippen LogP contribution >= 0.6 is 11.8 Å². The molecule has 7 N–H and O–H groups in total. The first kappa shape index (κ1) is 21.9. The number of hydrogen-bond donors (Lipinski definition) is 3. The van der Waals surface area contributed by atoms with Crippen molar-refractivity contribution in [2.24, 2.45) is 16.5 Å². The maximum atomic E-state index is 10.6. The zero-order valence-corrected chi connectivity index (χ0v) is 15.1. The van der Waals surface area contributed by atoms with Crippen molar-refractivity contribution in [3.05, 3.63) is 0 Å². The fraction of sp³-hybridized carbons (Fsp3) is 0.750. The Kier molecular flexibility index (Phi) is 14.8. The number of carboxylic acids is 1. The Bertz CT molecular complexity index is 233. The molecule has 0 fully saturated rings. The van der Waals surface area contributed by atoms with Gasteiger partial charge in [-0.05, 0) is 13.8 Å². The first-order chi connectivity index (χ1) is 6.36. The minimum Gasteiger partial charge on any atom is -0.480 e. The van der Waals surface area contributed by atoms with Crippen LogP contribution in [0, 0.1) is 44.1 Å². The number of amidine groups is 1. The second-order valence-electron chi connectivity index (χ2n) is 3.30. The molecule has 0 aliphatic carbocycles. The van der Waals surface area contributed by atoms with E-state index in [1.165, 1.54) is 18.7 Å². The number of nitrogens with zero attached hydrogens (tertiary/aromatic N) is 1. The van der Waals surface area contributed by atoms with E-state index in [0.29, 0.717) is 18.1 Å². The van der Waals surface area contributed by atoms with Crippen molar-refractivity contribution in [3.63, 3.8) is 0 Å². The molecule has 0 heterocycles. The molecule has 16 heavy (non-hydrogen) atoms. The van der Waals surface area contributed by atoms with Gasteiger partial charge in [-0.3, -0.25) is 9.79 Å². The van der Waals surface area contributed by atoms with Gasteiger partial charge in [-0.15, -0.1) is 0 Å². The molecule has 8 heteroatoms.